The standard InChI is InChI=1S/C20H30N6O.HI/c1-3-19-25-23-15-26(19)11-10-21-20(22-13-17-9-12-27-14-17)24-16(2)18-7-5-4-6-8-18;/h4-8,15-17H,3,9-14H2,1-2H3,(H2,21,22,24);1H. The van der Waals surface area contributed by atoms with Gasteiger partial charge >= 0.3 is 0 Å². The molecule has 1 aliphatic heterocycles. The van der Waals surface area contributed by atoms with Crippen LogP contribution in [-0.4, -0.2) is 47.0 Å². The Labute approximate surface area is 184 Å². The summed E-state index contributed by atoms with van der Waals surface area (Å²) in [5, 5.41) is 15.1. The number of nitrogens with one attached hydrogen (secondary N) is 2. The second-order valence-electron chi connectivity index (χ2n) is 6.92. The molecule has 2 N–H and O–H groups in total. The van der Waals surface area contributed by atoms with Crippen molar-refractivity contribution in [2.75, 3.05) is 26.3 Å². The van der Waals surface area contributed by atoms with Crippen LogP contribution in [-0.2, 0) is 17.7 Å². The molecule has 1 saturated heterocycles. The van der Waals surface area contributed by atoms with Gasteiger partial charge < -0.3 is 19.9 Å². The van der Waals surface area contributed by atoms with Crippen molar-refractivity contribution in [1.29, 1.82) is 0 Å². The molecule has 2 unspecified atom stereocenters. The van der Waals surface area contributed by atoms with Gasteiger partial charge in [-0.3, -0.25) is 4.99 Å². The van der Waals surface area contributed by atoms with Crippen molar-refractivity contribution in [2.24, 2.45) is 10.9 Å². The van der Waals surface area contributed by atoms with Crippen LogP contribution in [0.2, 0.25) is 0 Å². The maximum atomic E-state index is 5.47. The number of aliphatic imine (C=N–C) groups is 1. The molecule has 0 amide bonds. The van der Waals surface area contributed by atoms with E-state index in [1.807, 2.05) is 6.07 Å². The van der Waals surface area contributed by atoms with E-state index in [0.29, 0.717) is 5.92 Å². The normalized spacial score (nSPS) is 17.8. The molecule has 0 aliphatic carbocycles. The Bertz CT molecular complexity index is 714. The molecule has 1 fully saturated rings. The molecule has 1 aliphatic rings. The number of rotatable bonds is 8. The fraction of sp³-hybridized carbons (Fsp3) is 0.550. The Morgan fingerprint density at radius 2 is 2.18 bits per heavy atom. The maximum absolute atomic E-state index is 5.47. The first-order chi connectivity index (χ1) is 13.3. The molecule has 154 valence electrons. The summed E-state index contributed by atoms with van der Waals surface area (Å²) in [5.41, 5.74) is 1.24. The zero-order valence-corrected chi connectivity index (χ0v) is 19.0. The maximum Gasteiger partial charge on any atom is 0.191 e. The predicted octanol–water partition coefficient (Wildman–Crippen LogP) is 2.79. The number of nitrogens with zero attached hydrogens (tertiary/aromatic N) is 4. The summed E-state index contributed by atoms with van der Waals surface area (Å²) >= 11 is 0. The van der Waals surface area contributed by atoms with E-state index >= 15 is 0 Å². The van der Waals surface area contributed by atoms with E-state index in [2.05, 4.69) is 63.5 Å². The lowest BCUT2D eigenvalue weighted by molar-refractivity contribution is 0.187. The number of ether oxygens (including phenoxy) is 1. The van der Waals surface area contributed by atoms with Crippen LogP contribution >= 0.6 is 24.0 Å². The van der Waals surface area contributed by atoms with Crippen LogP contribution < -0.4 is 10.6 Å². The van der Waals surface area contributed by atoms with Gasteiger partial charge in [0.15, 0.2) is 5.96 Å². The average molecular weight is 498 g/mol. The molecule has 1 aromatic carbocycles. The van der Waals surface area contributed by atoms with Gasteiger partial charge in [0.05, 0.1) is 12.6 Å². The minimum Gasteiger partial charge on any atom is -0.381 e. The number of hydrogen-bond donors (Lipinski definition) is 2. The lowest BCUT2D eigenvalue weighted by Gasteiger charge is -2.19. The van der Waals surface area contributed by atoms with Gasteiger partial charge in [0, 0.05) is 38.6 Å². The highest BCUT2D eigenvalue weighted by Crippen LogP contribution is 2.13. The molecule has 0 spiro atoms. The van der Waals surface area contributed by atoms with E-state index < -0.39 is 0 Å². The van der Waals surface area contributed by atoms with Crippen molar-refractivity contribution in [3.63, 3.8) is 0 Å². The summed E-state index contributed by atoms with van der Waals surface area (Å²) < 4.78 is 7.55. The van der Waals surface area contributed by atoms with Crippen LogP contribution in [0.25, 0.3) is 0 Å². The molecule has 2 heterocycles. The van der Waals surface area contributed by atoms with Gasteiger partial charge in [-0.2, -0.15) is 0 Å². The summed E-state index contributed by atoms with van der Waals surface area (Å²) in [5.74, 6) is 2.36. The number of benzene rings is 1. The Balaban J connectivity index is 0.00000280. The minimum atomic E-state index is 0. The molecule has 2 atom stereocenters. The first-order valence-electron chi connectivity index (χ1n) is 9.80. The largest absolute Gasteiger partial charge is 0.381 e. The van der Waals surface area contributed by atoms with Crippen LogP contribution in [0, 0.1) is 5.92 Å². The quantitative estimate of drug-likeness (QED) is 0.333. The third-order valence-corrected chi connectivity index (χ3v) is 4.84. The zero-order chi connectivity index (χ0) is 18.9. The van der Waals surface area contributed by atoms with E-state index in [-0.39, 0.29) is 30.0 Å². The van der Waals surface area contributed by atoms with Crippen molar-refractivity contribution >= 4 is 29.9 Å². The Morgan fingerprint density at radius 1 is 1.36 bits per heavy atom. The van der Waals surface area contributed by atoms with E-state index in [1.54, 1.807) is 6.33 Å². The van der Waals surface area contributed by atoms with Crippen molar-refractivity contribution in [1.82, 2.24) is 25.4 Å². The predicted molar refractivity (Wildman–Crippen MR) is 122 cm³/mol. The average Bonchev–Trinajstić information content (AvgIpc) is 3.38. The summed E-state index contributed by atoms with van der Waals surface area (Å²) in [6.45, 7) is 8.26. The highest BCUT2D eigenvalue weighted by molar-refractivity contribution is 14.0. The lowest BCUT2D eigenvalue weighted by atomic mass is 10.1. The molecular weight excluding hydrogens is 467 g/mol. The molecule has 0 bridgehead atoms. The van der Waals surface area contributed by atoms with Gasteiger partial charge in [0.1, 0.15) is 12.2 Å². The summed E-state index contributed by atoms with van der Waals surface area (Å²) in [6.07, 6.45) is 3.75. The van der Waals surface area contributed by atoms with E-state index in [1.165, 1.54) is 5.56 Å². The third-order valence-electron chi connectivity index (χ3n) is 4.84. The fourth-order valence-corrected chi connectivity index (χ4v) is 3.16. The highest BCUT2D eigenvalue weighted by Gasteiger charge is 2.16. The fourth-order valence-electron chi connectivity index (χ4n) is 3.16. The Hall–Kier alpha value is -1.68. The number of hydrogen-bond acceptors (Lipinski definition) is 4. The molecule has 1 aromatic heterocycles. The third kappa shape index (κ3) is 6.73. The van der Waals surface area contributed by atoms with E-state index in [0.717, 1.165) is 57.5 Å². The molecule has 0 saturated carbocycles. The number of guanidine groups is 1. The first kappa shape index (κ1) is 22.6. The summed E-state index contributed by atoms with van der Waals surface area (Å²) in [4.78, 5) is 4.81. The molecule has 3 rings (SSSR count). The Kier molecular flexibility index (Phi) is 9.69. The van der Waals surface area contributed by atoms with Crippen molar-refractivity contribution in [2.45, 2.75) is 39.3 Å². The van der Waals surface area contributed by atoms with Gasteiger partial charge in [-0.15, -0.1) is 34.2 Å². The molecular formula is C20H31IN6O. The number of aryl methyl sites for hydroxylation is 1. The SMILES string of the molecule is CCc1nncn1CCNC(=NCC1CCOC1)NC(C)c1ccccc1.I. The smallest absolute Gasteiger partial charge is 0.191 e. The molecule has 0 radical (unpaired) electrons. The van der Waals surface area contributed by atoms with Gasteiger partial charge in [-0.05, 0) is 18.9 Å². The second-order valence-corrected chi connectivity index (χ2v) is 6.92. The second kappa shape index (κ2) is 12.0. The molecule has 2 aromatic rings. The molecule has 8 heteroatoms. The van der Waals surface area contributed by atoms with E-state index in [9.17, 15) is 0 Å². The number of halogens is 1. The van der Waals surface area contributed by atoms with Crippen LogP contribution in [0.1, 0.15) is 37.7 Å². The van der Waals surface area contributed by atoms with Crippen LogP contribution in [0.5, 0.6) is 0 Å². The van der Waals surface area contributed by atoms with Gasteiger partial charge in [-0.1, -0.05) is 37.3 Å². The summed E-state index contributed by atoms with van der Waals surface area (Å²) in [7, 11) is 0. The van der Waals surface area contributed by atoms with Crippen LogP contribution in [0.3, 0.4) is 0 Å². The summed E-state index contributed by atoms with van der Waals surface area (Å²) in [6, 6.07) is 10.6. The van der Waals surface area contributed by atoms with E-state index in [4.69, 9.17) is 9.73 Å². The minimum absolute atomic E-state index is 0. The first-order valence-corrected chi connectivity index (χ1v) is 9.80. The molecule has 7 nitrogen and oxygen atoms in total. The van der Waals surface area contributed by atoms with Crippen LogP contribution in [0.4, 0.5) is 0 Å². The van der Waals surface area contributed by atoms with Crippen molar-refractivity contribution < 1.29 is 4.74 Å². The highest BCUT2D eigenvalue weighted by atomic mass is 127. The zero-order valence-electron chi connectivity index (χ0n) is 16.7. The van der Waals surface area contributed by atoms with Crippen LogP contribution in [0.15, 0.2) is 41.7 Å². The number of aromatic nitrogens is 3. The topological polar surface area (TPSA) is 76.4 Å². The van der Waals surface area contributed by atoms with Gasteiger partial charge in [0.2, 0.25) is 0 Å². The monoisotopic (exact) mass is 498 g/mol. The van der Waals surface area contributed by atoms with Gasteiger partial charge in [-0.25, -0.2) is 0 Å². The lowest BCUT2D eigenvalue weighted by Crippen LogP contribution is -2.40. The van der Waals surface area contributed by atoms with Crippen molar-refractivity contribution in [3.8, 4) is 0 Å². The van der Waals surface area contributed by atoms with Gasteiger partial charge in [0.25, 0.3) is 0 Å². The molecule has 28 heavy (non-hydrogen) atoms. The van der Waals surface area contributed by atoms with Crippen molar-refractivity contribution in [3.05, 3.63) is 48.0 Å². The Morgan fingerprint density at radius 3 is 2.89 bits per heavy atom.